The molecule has 4 heteroatoms. The van der Waals surface area contributed by atoms with Crippen LogP contribution < -0.4 is 5.32 Å². The predicted molar refractivity (Wildman–Crippen MR) is 104 cm³/mol. The lowest BCUT2D eigenvalue weighted by Gasteiger charge is -2.38. The molecule has 1 heterocycles. The van der Waals surface area contributed by atoms with Gasteiger partial charge in [-0.2, -0.15) is 0 Å². The third-order valence-corrected chi connectivity index (χ3v) is 6.34. The van der Waals surface area contributed by atoms with Gasteiger partial charge in [0.15, 0.2) is 0 Å². The molecule has 0 spiro atoms. The van der Waals surface area contributed by atoms with Crippen molar-refractivity contribution < 1.29 is 9.59 Å². The van der Waals surface area contributed by atoms with Gasteiger partial charge in [0.2, 0.25) is 11.8 Å². The summed E-state index contributed by atoms with van der Waals surface area (Å²) in [5.74, 6) is 0.961. The van der Waals surface area contributed by atoms with E-state index in [0.717, 1.165) is 32.2 Å². The van der Waals surface area contributed by atoms with Crippen molar-refractivity contribution in [2.45, 2.75) is 102 Å². The molecule has 0 aromatic carbocycles. The first kappa shape index (κ1) is 19.4. The van der Waals surface area contributed by atoms with Crippen molar-refractivity contribution >= 4 is 11.8 Å². The summed E-state index contributed by atoms with van der Waals surface area (Å²) in [5, 5.41) is 3.21. The van der Waals surface area contributed by atoms with Crippen LogP contribution in [-0.2, 0) is 9.59 Å². The van der Waals surface area contributed by atoms with Gasteiger partial charge in [0.25, 0.3) is 0 Å². The quantitative estimate of drug-likeness (QED) is 0.773. The van der Waals surface area contributed by atoms with Crippen LogP contribution in [0.25, 0.3) is 0 Å². The largest absolute Gasteiger partial charge is 0.353 e. The fraction of sp³-hybridized carbons (Fsp3) is 0.818. The molecule has 1 atom stereocenters. The van der Waals surface area contributed by atoms with Crippen LogP contribution in [0.1, 0.15) is 96.3 Å². The van der Waals surface area contributed by atoms with Gasteiger partial charge in [-0.15, -0.1) is 0 Å². The number of nitrogens with one attached hydrogen (secondary N) is 1. The monoisotopic (exact) mass is 360 g/mol. The van der Waals surface area contributed by atoms with Gasteiger partial charge >= 0.3 is 0 Å². The number of carbonyl (C=O) groups is 2. The zero-order chi connectivity index (χ0) is 18.2. The van der Waals surface area contributed by atoms with E-state index in [0.29, 0.717) is 31.2 Å². The molecule has 1 saturated heterocycles. The van der Waals surface area contributed by atoms with Crippen LogP contribution in [0.2, 0.25) is 0 Å². The van der Waals surface area contributed by atoms with Gasteiger partial charge < -0.3 is 10.2 Å². The predicted octanol–water partition coefficient (Wildman–Crippen LogP) is 4.69. The van der Waals surface area contributed by atoms with Crippen LogP contribution in [0.3, 0.4) is 0 Å². The number of nitrogens with zero attached hydrogens (tertiary/aromatic N) is 1. The summed E-state index contributed by atoms with van der Waals surface area (Å²) in [4.78, 5) is 26.9. The third kappa shape index (κ3) is 5.59. The molecule has 1 aliphatic heterocycles. The van der Waals surface area contributed by atoms with Crippen LogP contribution in [0.5, 0.6) is 0 Å². The first-order chi connectivity index (χ1) is 12.7. The van der Waals surface area contributed by atoms with Crippen LogP contribution in [0, 0.1) is 5.92 Å². The fourth-order valence-corrected chi connectivity index (χ4v) is 4.88. The van der Waals surface area contributed by atoms with Crippen molar-refractivity contribution in [2.24, 2.45) is 5.92 Å². The molecule has 4 nitrogen and oxygen atoms in total. The van der Waals surface area contributed by atoms with Gasteiger partial charge in [-0.05, 0) is 57.3 Å². The Balaban J connectivity index is 1.38. The molecule has 0 radical (unpaired) electrons. The van der Waals surface area contributed by atoms with Crippen molar-refractivity contribution in [2.75, 3.05) is 6.54 Å². The molecule has 146 valence electrons. The number of hydrogen-bond donors (Lipinski definition) is 1. The van der Waals surface area contributed by atoms with E-state index in [1.54, 1.807) is 0 Å². The second-order valence-corrected chi connectivity index (χ2v) is 8.41. The Hall–Kier alpha value is -1.32. The molecule has 2 amide bonds. The second kappa shape index (κ2) is 10.1. The highest BCUT2D eigenvalue weighted by Crippen LogP contribution is 2.35. The van der Waals surface area contributed by atoms with Gasteiger partial charge in [0, 0.05) is 31.1 Å². The lowest BCUT2D eigenvalue weighted by molar-refractivity contribution is -0.130. The molecule has 26 heavy (non-hydrogen) atoms. The van der Waals surface area contributed by atoms with E-state index in [4.69, 9.17) is 0 Å². The van der Waals surface area contributed by atoms with E-state index in [-0.39, 0.29) is 11.8 Å². The molecule has 0 aromatic heterocycles. The fourth-order valence-electron chi connectivity index (χ4n) is 4.88. The van der Waals surface area contributed by atoms with E-state index in [2.05, 4.69) is 11.4 Å². The average Bonchev–Trinajstić information content (AvgIpc) is 2.63. The molecule has 1 N–H and O–H groups in total. The number of allylic oxidation sites excluding steroid dienone is 2. The van der Waals surface area contributed by atoms with E-state index in [1.807, 2.05) is 4.90 Å². The number of piperidine rings is 1. The van der Waals surface area contributed by atoms with Crippen LogP contribution >= 0.6 is 0 Å². The van der Waals surface area contributed by atoms with Crippen LogP contribution in [-0.4, -0.2) is 29.3 Å². The number of carbonyl (C=O) groups excluding carboxylic acids is 2. The number of likely N-dealkylation sites (tertiary alicyclic amines) is 1. The third-order valence-electron chi connectivity index (χ3n) is 6.34. The minimum absolute atomic E-state index is 0.136. The zero-order valence-corrected chi connectivity index (χ0v) is 16.3. The van der Waals surface area contributed by atoms with Gasteiger partial charge in [0.1, 0.15) is 0 Å². The molecule has 0 aromatic rings. The summed E-state index contributed by atoms with van der Waals surface area (Å²) in [7, 11) is 0. The smallest absolute Gasteiger partial charge is 0.226 e. The zero-order valence-electron chi connectivity index (χ0n) is 16.3. The Morgan fingerprint density at radius 2 is 1.65 bits per heavy atom. The molecule has 1 saturated carbocycles. The minimum atomic E-state index is 0.136. The second-order valence-electron chi connectivity index (χ2n) is 8.41. The highest BCUT2D eigenvalue weighted by Gasteiger charge is 2.29. The molecule has 3 aliphatic rings. The van der Waals surface area contributed by atoms with Crippen molar-refractivity contribution in [1.82, 2.24) is 10.2 Å². The van der Waals surface area contributed by atoms with Gasteiger partial charge in [0.05, 0.1) is 0 Å². The maximum Gasteiger partial charge on any atom is 0.226 e. The molecule has 2 fully saturated rings. The summed E-state index contributed by atoms with van der Waals surface area (Å²) < 4.78 is 0. The molecule has 2 aliphatic carbocycles. The Morgan fingerprint density at radius 1 is 0.923 bits per heavy atom. The summed E-state index contributed by atoms with van der Waals surface area (Å²) in [6, 6.07) is 0.355. The maximum absolute atomic E-state index is 12.7. The topological polar surface area (TPSA) is 49.4 Å². The van der Waals surface area contributed by atoms with Crippen LogP contribution in [0.4, 0.5) is 0 Å². The summed E-state index contributed by atoms with van der Waals surface area (Å²) in [6.07, 6.45) is 18.5. The van der Waals surface area contributed by atoms with Crippen molar-refractivity contribution in [3.63, 3.8) is 0 Å². The summed E-state index contributed by atoms with van der Waals surface area (Å²) >= 11 is 0. The molecule has 3 rings (SSSR count). The lowest BCUT2D eigenvalue weighted by Crippen LogP contribution is -2.39. The van der Waals surface area contributed by atoms with Crippen LogP contribution in [0.15, 0.2) is 11.8 Å². The number of fused-ring (bicyclic) bond motifs is 1. The van der Waals surface area contributed by atoms with Gasteiger partial charge in [-0.3, -0.25) is 9.59 Å². The van der Waals surface area contributed by atoms with Crippen molar-refractivity contribution in [3.05, 3.63) is 11.8 Å². The first-order valence-electron chi connectivity index (χ1n) is 11.0. The maximum atomic E-state index is 12.7. The number of rotatable bonds is 5. The SMILES string of the molecule is O=C(CCCC(=O)N1CCCC2CCCC=C21)NC1CCCCCCC1. The number of amides is 2. The van der Waals surface area contributed by atoms with Crippen molar-refractivity contribution in [3.8, 4) is 0 Å². The van der Waals surface area contributed by atoms with E-state index in [1.165, 1.54) is 57.1 Å². The first-order valence-corrected chi connectivity index (χ1v) is 11.0. The molecule has 0 bridgehead atoms. The normalized spacial score (nSPS) is 24.8. The minimum Gasteiger partial charge on any atom is -0.353 e. The Morgan fingerprint density at radius 3 is 2.46 bits per heavy atom. The molecular formula is C22H36N2O2. The summed E-state index contributed by atoms with van der Waals surface area (Å²) in [6.45, 7) is 0.870. The van der Waals surface area contributed by atoms with Gasteiger partial charge in [-0.25, -0.2) is 0 Å². The number of hydrogen-bond acceptors (Lipinski definition) is 2. The molecule has 1 unspecified atom stereocenters. The van der Waals surface area contributed by atoms with E-state index < -0.39 is 0 Å². The molecular weight excluding hydrogens is 324 g/mol. The van der Waals surface area contributed by atoms with E-state index in [9.17, 15) is 9.59 Å². The van der Waals surface area contributed by atoms with Crippen molar-refractivity contribution in [1.29, 1.82) is 0 Å². The Kier molecular flexibility index (Phi) is 7.57. The average molecular weight is 361 g/mol. The van der Waals surface area contributed by atoms with Gasteiger partial charge in [-0.1, -0.05) is 38.2 Å². The standard InChI is InChI=1S/C22H36N2O2/c25-21(23-19-12-4-2-1-3-5-13-19)15-8-16-22(26)24-17-9-11-18-10-6-7-14-20(18)24/h14,18-19H,1-13,15-17H2,(H,23,25). The summed E-state index contributed by atoms with van der Waals surface area (Å²) in [5.41, 5.74) is 1.28. The highest BCUT2D eigenvalue weighted by molar-refractivity contribution is 5.80. The van der Waals surface area contributed by atoms with E-state index >= 15 is 0 Å². The Labute approximate surface area is 158 Å². The lowest BCUT2D eigenvalue weighted by atomic mass is 9.85. The Bertz CT molecular complexity index is 506. The highest BCUT2D eigenvalue weighted by atomic mass is 16.2.